The number of aryl methyl sites for hydroxylation is 1. The second-order valence-corrected chi connectivity index (χ2v) is 12.9. The number of nitrogens with zero attached hydrogens (tertiary/aromatic N) is 1. The van der Waals surface area contributed by atoms with Gasteiger partial charge in [0.1, 0.15) is 0 Å². The van der Waals surface area contributed by atoms with Gasteiger partial charge in [-0.1, -0.05) is 114 Å². The van der Waals surface area contributed by atoms with Gasteiger partial charge in [0.2, 0.25) is 0 Å². The molecule has 0 saturated heterocycles. The van der Waals surface area contributed by atoms with Crippen molar-refractivity contribution < 1.29 is 8.42 Å². The molecule has 0 amide bonds. The van der Waals surface area contributed by atoms with Crippen LogP contribution >= 0.6 is 23.2 Å². The van der Waals surface area contributed by atoms with Crippen LogP contribution in [0.15, 0.2) is 138 Å². The van der Waals surface area contributed by atoms with E-state index in [1.165, 1.54) is 4.31 Å². The first-order valence-electron chi connectivity index (χ1n) is 13.1. The highest BCUT2D eigenvalue weighted by atomic mass is 35.5. The van der Waals surface area contributed by atoms with Gasteiger partial charge in [0.25, 0.3) is 10.0 Å². The van der Waals surface area contributed by atoms with E-state index >= 15 is 0 Å². The molecule has 0 radical (unpaired) electrons. The van der Waals surface area contributed by atoms with Crippen molar-refractivity contribution >= 4 is 38.8 Å². The number of sulfonamides is 1. The molecule has 0 saturated carbocycles. The Morgan fingerprint density at radius 3 is 1.88 bits per heavy atom. The highest BCUT2D eigenvalue weighted by Gasteiger charge is 2.44. The average molecular weight is 585 g/mol. The molecule has 0 spiro atoms. The maximum Gasteiger partial charge on any atom is 0.264 e. The Morgan fingerprint density at radius 2 is 1.30 bits per heavy atom. The van der Waals surface area contributed by atoms with Crippen molar-refractivity contribution in [2.24, 2.45) is 5.92 Å². The van der Waals surface area contributed by atoms with Gasteiger partial charge in [0.05, 0.1) is 10.9 Å². The first-order valence-corrected chi connectivity index (χ1v) is 15.3. The third-order valence-corrected chi connectivity index (χ3v) is 9.95. The van der Waals surface area contributed by atoms with Gasteiger partial charge in [0.15, 0.2) is 0 Å². The smallest absolute Gasteiger partial charge is 0.264 e. The van der Waals surface area contributed by atoms with E-state index < -0.39 is 16.1 Å². The number of hydrogen-bond donors (Lipinski definition) is 0. The molecule has 1 aliphatic heterocycles. The van der Waals surface area contributed by atoms with Gasteiger partial charge in [-0.25, -0.2) is 8.42 Å². The third-order valence-electron chi connectivity index (χ3n) is 7.66. The molecular formula is C34H27Cl2NO2S. The number of allylic oxidation sites excluding steroid dienone is 2. The van der Waals surface area contributed by atoms with E-state index in [1.54, 1.807) is 18.3 Å². The lowest BCUT2D eigenvalue weighted by Gasteiger charge is -2.39. The molecule has 0 bridgehead atoms. The molecule has 0 unspecified atom stereocenters. The fraction of sp³-hybridized carbons (Fsp3) is 0.118. The molecule has 1 aliphatic carbocycles. The van der Waals surface area contributed by atoms with E-state index in [4.69, 9.17) is 23.2 Å². The molecule has 3 nitrogen and oxygen atoms in total. The Labute approximate surface area is 245 Å². The first kappa shape index (κ1) is 26.6. The predicted molar refractivity (Wildman–Crippen MR) is 164 cm³/mol. The van der Waals surface area contributed by atoms with Crippen LogP contribution in [0.25, 0.3) is 5.57 Å². The summed E-state index contributed by atoms with van der Waals surface area (Å²) in [4.78, 5) is 0.279. The van der Waals surface area contributed by atoms with Crippen LogP contribution in [0, 0.1) is 12.8 Å². The van der Waals surface area contributed by atoms with Gasteiger partial charge in [-0.05, 0) is 71.2 Å². The van der Waals surface area contributed by atoms with Crippen molar-refractivity contribution in [1.82, 2.24) is 4.31 Å². The second kappa shape index (κ2) is 10.8. The number of benzene rings is 4. The van der Waals surface area contributed by atoms with Crippen LogP contribution < -0.4 is 0 Å². The van der Waals surface area contributed by atoms with E-state index in [1.807, 2.05) is 97.9 Å². The molecule has 1 heterocycles. The van der Waals surface area contributed by atoms with Gasteiger partial charge in [-0.15, -0.1) is 0 Å². The molecule has 0 N–H and O–H groups in total. The summed E-state index contributed by atoms with van der Waals surface area (Å²) in [7, 11) is -3.79. The van der Waals surface area contributed by atoms with Crippen molar-refractivity contribution in [3.05, 3.63) is 165 Å². The van der Waals surface area contributed by atoms with Gasteiger partial charge in [-0.2, -0.15) is 0 Å². The predicted octanol–water partition coefficient (Wildman–Crippen LogP) is 8.66. The molecule has 4 aromatic rings. The van der Waals surface area contributed by atoms with Gasteiger partial charge >= 0.3 is 0 Å². The fourth-order valence-corrected chi connectivity index (χ4v) is 7.44. The Balaban J connectivity index is 1.56. The summed E-state index contributed by atoms with van der Waals surface area (Å²) in [6.07, 6.45) is 7.88. The average Bonchev–Trinajstić information content (AvgIpc) is 3.40. The molecule has 6 rings (SSSR count). The van der Waals surface area contributed by atoms with Crippen LogP contribution in [0.2, 0.25) is 10.0 Å². The number of halogens is 2. The zero-order valence-corrected chi connectivity index (χ0v) is 24.1. The topological polar surface area (TPSA) is 37.4 Å². The second-order valence-electron chi connectivity index (χ2n) is 10.1. The molecule has 0 aromatic heterocycles. The zero-order valence-electron chi connectivity index (χ0n) is 21.8. The van der Waals surface area contributed by atoms with E-state index in [0.29, 0.717) is 10.0 Å². The molecule has 0 fully saturated rings. The maximum absolute atomic E-state index is 14.0. The summed E-state index contributed by atoms with van der Waals surface area (Å²) in [6, 6.07) is 32.5. The van der Waals surface area contributed by atoms with Gasteiger partial charge in [0, 0.05) is 28.1 Å². The highest BCUT2D eigenvalue weighted by molar-refractivity contribution is 7.89. The normalized spacial score (nSPS) is 20.0. The molecule has 4 aromatic carbocycles. The minimum atomic E-state index is -3.79. The molecule has 3 atom stereocenters. The summed E-state index contributed by atoms with van der Waals surface area (Å²) in [5, 5.41) is 1.31. The van der Waals surface area contributed by atoms with Crippen LogP contribution in [0.3, 0.4) is 0 Å². The summed E-state index contributed by atoms with van der Waals surface area (Å²) in [5.74, 6) is -0.191. The van der Waals surface area contributed by atoms with Crippen molar-refractivity contribution in [3.8, 4) is 0 Å². The summed E-state index contributed by atoms with van der Waals surface area (Å²) < 4.78 is 29.5. The fourth-order valence-electron chi connectivity index (χ4n) is 5.71. The minimum absolute atomic E-state index is 0.0322. The number of fused-ring (bicyclic) bond motifs is 1. The van der Waals surface area contributed by atoms with Crippen LogP contribution in [-0.4, -0.2) is 18.8 Å². The van der Waals surface area contributed by atoms with Crippen LogP contribution in [0.4, 0.5) is 0 Å². The van der Waals surface area contributed by atoms with Gasteiger partial charge < -0.3 is 0 Å². The lowest BCUT2D eigenvalue weighted by molar-refractivity contribution is 0.340. The lowest BCUT2D eigenvalue weighted by atomic mass is 9.75. The van der Waals surface area contributed by atoms with Crippen LogP contribution in [0.5, 0.6) is 0 Å². The molecule has 200 valence electrons. The van der Waals surface area contributed by atoms with Crippen molar-refractivity contribution in [2.75, 3.05) is 0 Å². The Hall–Kier alpha value is -3.57. The molecule has 2 aliphatic rings. The van der Waals surface area contributed by atoms with E-state index in [-0.39, 0.29) is 16.7 Å². The van der Waals surface area contributed by atoms with Crippen molar-refractivity contribution in [2.45, 2.75) is 23.8 Å². The highest BCUT2D eigenvalue weighted by Crippen LogP contribution is 2.48. The Morgan fingerprint density at radius 1 is 0.725 bits per heavy atom. The Kier molecular flexibility index (Phi) is 7.18. The monoisotopic (exact) mass is 583 g/mol. The SMILES string of the molecule is Cc1ccc(S(=O)(=O)N2C=C[C@@H](c3ccccc3)[C@H]3C(=C(c4ccc(Cl)cc4)c4ccc(Cl)cc4)C=C[C@H]32)cc1. The molecule has 6 heteroatoms. The Bertz CT molecular complexity index is 1680. The third kappa shape index (κ3) is 4.92. The molecular weight excluding hydrogens is 557 g/mol. The first-order chi connectivity index (χ1) is 19.3. The minimum Gasteiger partial charge on any atom is -0.266 e. The zero-order chi connectivity index (χ0) is 27.9. The van der Waals surface area contributed by atoms with Crippen molar-refractivity contribution in [3.63, 3.8) is 0 Å². The van der Waals surface area contributed by atoms with E-state index in [0.717, 1.165) is 33.4 Å². The summed E-state index contributed by atoms with van der Waals surface area (Å²) in [6.45, 7) is 1.95. The quantitative estimate of drug-likeness (QED) is 0.235. The van der Waals surface area contributed by atoms with Crippen molar-refractivity contribution in [1.29, 1.82) is 0 Å². The maximum atomic E-state index is 14.0. The lowest BCUT2D eigenvalue weighted by Crippen LogP contribution is -2.43. The van der Waals surface area contributed by atoms with Gasteiger partial charge in [-0.3, -0.25) is 4.31 Å². The number of rotatable bonds is 5. The van der Waals surface area contributed by atoms with Crippen LogP contribution in [-0.2, 0) is 10.0 Å². The molecule has 40 heavy (non-hydrogen) atoms. The standard InChI is InChI=1S/C34H27Cl2NO2S/c1-23-7-17-29(18-8-23)40(38,39)37-22-21-30(24-5-3-2-4-6-24)34-31(19-20-32(34)37)33(25-9-13-27(35)14-10-25)26-11-15-28(36)16-12-26/h2-22,30,32,34H,1H3/t30-,32+,34-/m0/s1. The summed E-state index contributed by atoms with van der Waals surface area (Å²) >= 11 is 12.5. The van der Waals surface area contributed by atoms with Crippen LogP contribution in [0.1, 0.15) is 28.2 Å². The number of hydrogen-bond acceptors (Lipinski definition) is 2. The van der Waals surface area contributed by atoms with E-state index in [9.17, 15) is 8.42 Å². The largest absolute Gasteiger partial charge is 0.266 e. The summed E-state index contributed by atoms with van der Waals surface area (Å²) in [5.41, 5.74) is 6.24. The van der Waals surface area contributed by atoms with E-state index in [2.05, 4.69) is 18.2 Å².